The normalized spacial score (nSPS) is 18.8. The highest BCUT2D eigenvalue weighted by atomic mass is 32.2. The summed E-state index contributed by atoms with van der Waals surface area (Å²) in [5, 5.41) is 0. The maximum Gasteiger partial charge on any atom is 0.410 e. The minimum Gasteiger partial charge on any atom is -0.444 e. The zero-order valence-corrected chi connectivity index (χ0v) is 21.5. The van der Waals surface area contributed by atoms with Crippen LogP contribution in [-0.4, -0.2) is 49.3 Å². The van der Waals surface area contributed by atoms with E-state index in [1.165, 1.54) is 18.0 Å². The topological polar surface area (TPSA) is 76.6 Å². The Labute approximate surface area is 207 Å². The van der Waals surface area contributed by atoms with Crippen molar-refractivity contribution in [3.05, 3.63) is 84.2 Å². The summed E-state index contributed by atoms with van der Waals surface area (Å²) in [6.45, 7) is 6.80. The molecule has 2 atom stereocenters. The molecule has 1 aliphatic rings. The minimum absolute atomic E-state index is 0.0599. The molecule has 35 heavy (non-hydrogen) atoms. The van der Waals surface area contributed by atoms with Crippen molar-refractivity contribution in [2.75, 3.05) is 19.3 Å². The minimum atomic E-state index is -3.36. The summed E-state index contributed by atoms with van der Waals surface area (Å²) in [6.07, 6.45) is 4.76. The molecule has 0 radical (unpaired) electrons. The molecular formula is C28H32N2O4S. The van der Waals surface area contributed by atoms with Gasteiger partial charge in [0.2, 0.25) is 0 Å². The molecule has 0 bridgehead atoms. The molecule has 0 N–H and O–H groups in total. The van der Waals surface area contributed by atoms with Crippen LogP contribution in [0, 0.1) is 0 Å². The second-order valence-electron chi connectivity index (χ2n) is 10.1. The molecule has 0 spiro atoms. The van der Waals surface area contributed by atoms with Crippen molar-refractivity contribution in [3.63, 3.8) is 0 Å². The molecular weight excluding hydrogens is 460 g/mol. The molecule has 1 amide bonds. The quantitative estimate of drug-likeness (QED) is 0.470. The Bertz CT molecular complexity index is 1300. The van der Waals surface area contributed by atoms with Crippen molar-refractivity contribution in [3.8, 4) is 11.1 Å². The maximum absolute atomic E-state index is 12.9. The van der Waals surface area contributed by atoms with E-state index < -0.39 is 15.4 Å². The first-order valence-corrected chi connectivity index (χ1v) is 13.7. The van der Waals surface area contributed by atoms with E-state index in [0.717, 1.165) is 23.1 Å². The number of carbonyl (C=O) groups excluding carboxylic acids is 1. The SMILES string of the molecule is CC(C)(C)OC(=O)N1CC[C@H](c2ccccc2)[C@@H](c2cccc(-c3cncc(S(C)(=O)=O)c3)c2)C1. The molecule has 7 heteroatoms. The zero-order valence-electron chi connectivity index (χ0n) is 20.6. The van der Waals surface area contributed by atoms with Crippen LogP contribution in [0.1, 0.15) is 50.2 Å². The number of ether oxygens (including phenoxy) is 1. The van der Waals surface area contributed by atoms with E-state index in [-0.39, 0.29) is 22.8 Å². The number of sulfone groups is 1. The van der Waals surface area contributed by atoms with Gasteiger partial charge in [-0.05, 0) is 55.9 Å². The van der Waals surface area contributed by atoms with Gasteiger partial charge in [-0.1, -0.05) is 54.6 Å². The molecule has 4 rings (SSSR count). The third kappa shape index (κ3) is 6.09. The number of rotatable bonds is 4. The van der Waals surface area contributed by atoms with Gasteiger partial charge in [0.25, 0.3) is 0 Å². The largest absolute Gasteiger partial charge is 0.444 e. The Morgan fingerprint density at radius 2 is 1.66 bits per heavy atom. The van der Waals surface area contributed by atoms with Crippen LogP contribution in [0.25, 0.3) is 11.1 Å². The van der Waals surface area contributed by atoms with E-state index in [4.69, 9.17) is 4.74 Å². The lowest BCUT2D eigenvalue weighted by atomic mass is 9.76. The van der Waals surface area contributed by atoms with Crippen molar-refractivity contribution in [1.29, 1.82) is 0 Å². The number of carbonyl (C=O) groups is 1. The summed E-state index contributed by atoms with van der Waals surface area (Å²) in [5.74, 6) is 0.301. The number of nitrogens with zero attached hydrogens (tertiary/aromatic N) is 2. The molecule has 2 aromatic carbocycles. The predicted octanol–water partition coefficient (Wildman–Crippen LogP) is 5.66. The molecule has 1 aliphatic heterocycles. The van der Waals surface area contributed by atoms with Crippen LogP contribution >= 0.6 is 0 Å². The number of hydrogen-bond acceptors (Lipinski definition) is 5. The molecule has 184 valence electrons. The van der Waals surface area contributed by atoms with Gasteiger partial charge in [0, 0.05) is 43.2 Å². The van der Waals surface area contributed by atoms with Gasteiger partial charge < -0.3 is 9.64 Å². The van der Waals surface area contributed by atoms with Crippen LogP contribution in [0.2, 0.25) is 0 Å². The van der Waals surface area contributed by atoms with Crippen molar-refractivity contribution in [1.82, 2.24) is 9.88 Å². The van der Waals surface area contributed by atoms with Gasteiger partial charge in [-0.15, -0.1) is 0 Å². The Hall–Kier alpha value is -3.19. The Balaban J connectivity index is 1.70. The van der Waals surface area contributed by atoms with E-state index in [2.05, 4.69) is 29.2 Å². The molecule has 0 saturated carbocycles. The summed E-state index contributed by atoms with van der Waals surface area (Å²) < 4.78 is 29.7. The highest BCUT2D eigenvalue weighted by Gasteiger charge is 2.35. The summed E-state index contributed by atoms with van der Waals surface area (Å²) >= 11 is 0. The van der Waals surface area contributed by atoms with E-state index in [1.807, 2.05) is 51.1 Å². The van der Waals surface area contributed by atoms with Crippen LogP contribution in [0.3, 0.4) is 0 Å². The van der Waals surface area contributed by atoms with Gasteiger partial charge >= 0.3 is 6.09 Å². The van der Waals surface area contributed by atoms with Gasteiger partial charge in [-0.2, -0.15) is 0 Å². The first-order chi connectivity index (χ1) is 16.5. The van der Waals surface area contributed by atoms with Crippen LogP contribution < -0.4 is 0 Å². The number of aromatic nitrogens is 1. The van der Waals surface area contributed by atoms with E-state index >= 15 is 0 Å². The molecule has 1 fully saturated rings. The zero-order chi connectivity index (χ0) is 25.2. The van der Waals surface area contributed by atoms with E-state index in [0.29, 0.717) is 13.1 Å². The van der Waals surface area contributed by atoms with Crippen LogP contribution in [0.15, 0.2) is 78.0 Å². The van der Waals surface area contributed by atoms with Crippen molar-refractivity contribution in [2.45, 2.75) is 49.5 Å². The van der Waals surface area contributed by atoms with Gasteiger partial charge in [-0.3, -0.25) is 4.98 Å². The van der Waals surface area contributed by atoms with Crippen LogP contribution in [0.5, 0.6) is 0 Å². The number of piperidine rings is 1. The van der Waals surface area contributed by atoms with Gasteiger partial charge in [0.15, 0.2) is 9.84 Å². The first-order valence-electron chi connectivity index (χ1n) is 11.8. The average Bonchev–Trinajstić information content (AvgIpc) is 2.83. The molecule has 3 aromatic rings. The van der Waals surface area contributed by atoms with Crippen molar-refractivity contribution >= 4 is 15.9 Å². The Kier molecular flexibility index (Phi) is 6.99. The molecule has 6 nitrogen and oxygen atoms in total. The monoisotopic (exact) mass is 492 g/mol. The number of hydrogen-bond donors (Lipinski definition) is 0. The standard InChI is InChI=1S/C28H32N2O4S/c1-28(2,3)34-27(31)30-14-13-25(20-9-6-5-7-10-20)26(19-30)22-12-8-11-21(15-22)23-16-24(18-29-17-23)35(4,32)33/h5-12,15-18,25-26H,13-14,19H2,1-4H3/t25-,26-/m1/s1. The second kappa shape index (κ2) is 9.82. The first kappa shape index (κ1) is 24.9. The fraction of sp³-hybridized carbons (Fsp3) is 0.357. The Morgan fingerprint density at radius 1 is 0.943 bits per heavy atom. The number of amides is 1. The van der Waals surface area contributed by atoms with E-state index in [9.17, 15) is 13.2 Å². The molecule has 2 heterocycles. The van der Waals surface area contributed by atoms with E-state index in [1.54, 1.807) is 17.2 Å². The lowest BCUT2D eigenvalue weighted by Gasteiger charge is -2.39. The third-order valence-corrected chi connectivity index (χ3v) is 7.36. The maximum atomic E-state index is 12.9. The summed E-state index contributed by atoms with van der Waals surface area (Å²) in [7, 11) is -3.36. The Morgan fingerprint density at radius 3 is 2.34 bits per heavy atom. The van der Waals surface area contributed by atoms with Crippen molar-refractivity contribution in [2.24, 2.45) is 0 Å². The third-order valence-electron chi connectivity index (χ3n) is 6.28. The molecule has 1 aromatic heterocycles. The summed E-state index contributed by atoms with van der Waals surface area (Å²) in [4.78, 5) is 19.0. The number of likely N-dealkylation sites (tertiary alicyclic amines) is 1. The molecule has 0 unspecified atom stereocenters. The highest BCUT2D eigenvalue weighted by Crippen LogP contribution is 2.41. The van der Waals surface area contributed by atoms with Gasteiger partial charge in [0.05, 0.1) is 4.90 Å². The lowest BCUT2D eigenvalue weighted by Crippen LogP contribution is -2.44. The summed E-state index contributed by atoms with van der Waals surface area (Å²) in [5.41, 5.74) is 3.41. The number of pyridine rings is 1. The lowest BCUT2D eigenvalue weighted by molar-refractivity contribution is 0.0184. The van der Waals surface area contributed by atoms with Crippen LogP contribution in [-0.2, 0) is 14.6 Å². The summed E-state index contributed by atoms with van der Waals surface area (Å²) in [6, 6.07) is 20.1. The molecule has 1 saturated heterocycles. The van der Waals surface area contributed by atoms with Gasteiger partial charge in [0.1, 0.15) is 5.60 Å². The number of benzene rings is 2. The second-order valence-corrected chi connectivity index (χ2v) is 12.2. The van der Waals surface area contributed by atoms with Gasteiger partial charge in [-0.25, -0.2) is 13.2 Å². The van der Waals surface area contributed by atoms with Crippen LogP contribution in [0.4, 0.5) is 4.79 Å². The fourth-order valence-electron chi connectivity index (χ4n) is 4.61. The molecule has 0 aliphatic carbocycles. The van der Waals surface area contributed by atoms with Crippen molar-refractivity contribution < 1.29 is 17.9 Å². The average molecular weight is 493 g/mol. The fourth-order valence-corrected chi connectivity index (χ4v) is 5.20. The highest BCUT2D eigenvalue weighted by molar-refractivity contribution is 7.90. The predicted molar refractivity (Wildman–Crippen MR) is 137 cm³/mol. The smallest absolute Gasteiger partial charge is 0.410 e.